The number of halogens is 1. The number of aryl methyl sites for hydroxylation is 2. The fourth-order valence-corrected chi connectivity index (χ4v) is 3.68. The lowest BCUT2D eigenvalue weighted by Crippen LogP contribution is -1.91. The first-order valence-electron chi connectivity index (χ1n) is 8.91. The van der Waals surface area contributed by atoms with Crippen LogP contribution in [0.5, 0.6) is 0 Å². The van der Waals surface area contributed by atoms with Gasteiger partial charge in [0.05, 0.1) is 10.5 Å². The molecule has 0 aliphatic heterocycles. The van der Waals surface area contributed by atoms with Gasteiger partial charge in [-0.15, -0.1) is 0 Å². The first kappa shape index (κ1) is 16.2. The van der Waals surface area contributed by atoms with Crippen LogP contribution in [0, 0.1) is 0 Å². The Kier molecular flexibility index (Phi) is 4.71. The molecular weight excluding hydrogens is 328 g/mol. The van der Waals surface area contributed by atoms with E-state index in [1.165, 1.54) is 29.2 Å². The number of hydrogen-bond donors (Lipinski definition) is 1. The normalized spacial score (nSPS) is 11.4. The molecule has 0 radical (unpaired) electrons. The standard InChI is InChI=1S/C22H21ClN2/c23-19-13-7-14-20-22(19)25-21(24-20)15-3-1-2-8-16-10-6-11-17-9-4-5-12-18(16)17/h4-7,9-14H,1-3,8,15H2,(H,24,25). The minimum Gasteiger partial charge on any atom is -0.342 e. The largest absolute Gasteiger partial charge is 0.342 e. The van der Waals surface area contributed by atoms with Crippen LogP contribution in [0.25, 0.3) is 21.8 Å². The van der Waals surface area contributed by atoms with Gasteiger partial charge in [0.25, 0.3) is 0 Å². The number of hydrogen-bond acceptors (Lipinski definition) is 1. The third-order valence-electron chi connectivity index (χ3n) is 4.75. The second-order valence-corrected chi connectivity index (χ2v) is 6.93. The van der Waals surface area contributed by atoms with E-state index in [2.05, 4.69) is 52.4 Å². The van der Waals surface area contributed by atoms with Crippen LogP contribution in [0.15, 0.2) is 60.7 Å². The van der Waals surface area contributed by atoms with E-state index in [0.717, 1.165) is 41.1 Å². The molecule has 0 bridgehead atoms. The molecule has 4 aromatic rings. The molecule has 126 valence electrons. The average Bonchev–Trinajstić information content (AvgIpc) is 3.06. The van der Waals surface area contributed by atoms with E-state index in [1.54, 1.807) is 0 Å². The van der Waals surface area contributed by atoms with Crippen molar-refractivity contribution < 1.29 is 0 Å². The van der Waals surface area contributed by atoms with E-state index in [-0.39, 0.29) is 0 Å². The Morgan fingerprint density at radius 3 is 2.52 bits per heavy atom. The number of unbranched alkanes of at least 4 members (excludes halogenated alkanes) is 2. The second-order valence-electron chi connectivity index (χ2n) is 6.52. The molecule has 0 aliphatic rings. The predicted molar refractivity (Wildman–Crippen MR) is 106 cm³/mol. The lowest BCUT2D eigenvalue weighted by atomic mass is 9.99. The molecule has 0 saturated heterocycles. The smallest absolute Gasteiger partial charge is 0.107 e. The Hall–Kier alpha value is -2.32. The molecule has 1 N–H and O–H groups in total. The number of rotatable bonds is 6. The minimum absolute atomic E-state index is 0.718. The van der Waals surface area contributed by atoms with Gasteiger partial charge in [0.2, 0.25) is 0 Å². The Morgan fingerprint density at radius 1 is 0.800 bits per heavy atom. The van der Waals surface area contributed by atoms with Crippen LogP contribution in [0.1, 0.15) is 30.7 Å². The van der Waals surface area contributed by atoms with E-state index >= 15 is 0 Å². The zero-order chi connectivity index (χ0) is 17.1. The summed E-state index contributed by atoms with van der Waals surface area (Å²) in [6, 6.07) is 21.1. The molecule has 25 heavy (non-hydrogen) atoms. The summed E-state index contributed by atoms with van der Waals surface area (Å²) < 4.78 is 0. The molecule has 2 nitrogen and oxygen atoms in total. The number of nitrogens with zero attached hydrogens (tertiary/aromatic N) is 1. The van der Waals surface area contributed by atoms with Gasteiger partial charge < -0.3 is 4.98 Å². The van der Waals surface area contributed by atoms with Crippen molar-refractivity contribution in [3.8, 4) is 0 Å². The maximum atomic E-state index is 6.19. The number of benzene rings is 3. The first-order chi connectivity index (χ1) is 12.3. The van der Waals surface area contributed by atoms with E-state index in [4.69, 9.17) is 11.6 Å². The summed E-state index contributed by atoms with van der Waals surface area (Å²) in [6.45, 7) is 0. The molecule has 3 heteroatoms. The van der Waals surface area contributed by atoms with Gasteiger partial charge in [-0.3, -0.25) is 0 Å². The highest BCUT2D eigenvalue weighted by Gasteiger charge is 2.06. The van der Waals surface area contributed by atoms with Gasteiger partial charge in [-0.25, -0.2) is 4.98 Å². The van der Waals surface area contributed by atoms with Crippen LogP contribution >= 0.6 is 11.6 Å². The van der Waals surface area contributed by atoms with Gasteiger partial charge in [-0.1, -0.05) is 66.6 Å². The molecule has 0 atom stereocenters. The summed E-state index contributed by atoms with van der Waals surface area (Å²) in [5, 5.41) is 3.44. The lowest BCUT2D eigenvalue weighted by Gasteiger charge is -2.06. The van der Waals surface area contributed by atoms with Crippen LogP contribution in [0.3, 0.4) is 0 Å². The molecule has 0 aliphatic carbocycles. The summed E-state index contributed by atoms with van der Waals surface area (Å²) in [7, 11) is 0. The van der Waals surface area contributed by atoms with Crippen molar-refractivity contribution in [2.75, 3.05) is 0 Å². The average molecular weight is 349 g/mol. The summed E-state index contributed by atoms with van der Waals surface area (Å²) in [5.74, 6) is 1.04. The van der Waals surface area contributed by atoms with Crippen LogP contribution in [0.4, 0.5) is 0 Å². The molecule has 0 unspecified atom stereocenters. The Balaban J connectivity index is 1.32. The maximum Gasteiger partial charge on any atom is 0.107 e. The van der Waals surface area contributed by atoms with Crippen LogP contribution in [-0.4, -0.2) is 9.97 Å². The van der Waals surface area contributed by atoms with Crippen molar-refractivity contribution in [3.05, 3.63) is 77.1 Å². The Morgan fingerprint density at radius 2 is 1.60 bits per heavy atom. The van der Waals surface area contributed by atoms with Crippen LogP contribution in [-0.2, 0) is 12.8 Å². The molecule has 4 rings (SSSR count). The lowest BCUT2D eigenvalue weighted by molar-refractivity contribution is 0.668. The number of nitrogens with one attached hydrogen (secondary N) is 1. The summed E-state index contributed by atoms with van der Waals surface area (Å²) in [4.78, 5) is 8.00. The van der Waals surface area contributed by atoms with Gasteiger partial charge in [0.15, 0.2) is 0 Å². The summed E-state index contributed by atoms with van der Waals surface area (Å²) in [6.07, 6.45) is 5.65. The number of fused-ring (bicyclic) bond motifs is 2. The Labute approximate surface area is 152 Å². The van der Waals surface area contributed by atoms with Crippen molar-refractivity contribution in [3.63, 3.8) is 0 Å². The zero-order valence-corrected chi connectivity index (χ0v) is 14.9. The third kappa shape index (κ3) is 3.54. The number of para-hydroxylation sites is 1. The molecular formula is C22H21ClN2. The van der Waals surface area contributed by atoms with Crippen molar-refractivity contribution in [1.82, 2.24) is 9.97 Å². The van der Waals surface area contributed by atoms with Gasteiger partial charge >= 0.3 is 0 Å². The molecule has 0 amide bonds. The molecule has 0 saturated carbocycles. The topological polar surface area (TPSA) is 28.7 Å². The van der Waals surface area contributed by atoms with E-state index in [9.17, 15) is 0 Å². The summed E-state index contributed by atoms with van der Waals surface area (Å²) >= 11 is 6.19. The SMILES string of the molecule is Clc1cccc2[nH]c(CCCCCc3cccc4ccccc34)nc12. The van der Waals surface area contributed by atoms with Crippen LogP contribution in [0.2, 0.25) is 5.02 Å². The number of aromatic amines is 1. The van der Waals surface area contributed by atoms with Gasteiger partial charge in [0.1, 0.15) is 11.3 Å². The molecule has 0 spiro atoms. The fraction of sp³-hybridized carbons (Fsp3) is 0.227. The molecule has 1 aromatic heterocycles. The highest BCUT2D eigenvalue weighted by molar-refractivity contribution is 6.34. The highest BCUT2D eigenvalue weighted by atomic mass is 35.5. The zero-order valence-electron chi connectivity index (χ0n) is 14.1. The molecule has 3 aromatic carbocycles. The van der Waals surface area contributed by atoms with Crippen molar-refractivity contribution in [2.24, 2.45) is 0 Å². The van der Waals surface area contributed by atoms with Crippen molar-refractivity contribution >= 4 is 33.4 Å². The second kappa shape index (κ2) is 7.28. The number of imidazole rings is 1. The maximum absolute atomic E-state index is 6.19. The molecule has 1 heterocycles. The van der Waals surface area contributed by atoms with E-state index < -0.39 is 0 Å². The minimum atomic E-state index is 0.718. The highest BCUT2D eigenvalue weighted by Crippen LogP contribution is 2.22. The van der Waals surface area contributed by atoms with Gasteiger partial charge in [-0.05, 0) is 47.7 Å². The molecule has 0 fully saturated rings. The van der Waals surface area contributed by atoms with Crippen molar-refractivity contribution in [2.45, 2.75) is 32.1 Å². The monoisotopic (exact) mass is 348 g/mol. The fourth-order valence-electron chi connectivity index (χ4n) is 3.46. The van der Waals surface area contributed by atoms with Crippen LogP contribution < -0.4 is 0 Å². The Bertz CT molecular complexity index is 998. The van der Waals surface area contributed by atoms with E-state index in [0.29, 0.717) is 0 Å². The predicted octanol–water partition coefficient (Wildman–Crippen LogP) is 6.33. The number of aromatic nitrogens is 2. The van der Waals surface area contributed by atoms with Gasteiger partial charge in [0, 0.05) is 6.42 Å². The quantitative estimate of drug-likeness (QED) is 0.405. The first-order valence-corrected chi connectivity index (χ1v) is 9.29. The van der Waals surface area contributed by atoms with Gasteiger partial charge in [-0.2, -0.15) is 0 Å². The third-order valence-corrected chi connectivity index (χ3v) is 5.06. The van der Waals surface area contributed by atoms with E-state index in [1.807, 2.05) is 18.2 Å². The number of H-pyrrole nitrogens is 1. The summed E-state index contributed by atoms with van der Waals surface area (Å²) in [5.41, 5.74) is 3.36. The van der Waals surface area contributed by atoms with Crippen molar-refractivity contribution in [1.29, 1.82) is 0 Å².